The smallest absolute Gasteiger partial charge is 0.224 e. The van der Waals surface area contributed by atoms with E-state index in [-0.39, 0.29) is 11.8 Å². The molecule has 0 fully saturated rings. The highest BCUT2D eigenvalue weighted by molar-refractivity contribution is 5.91. The third-order valence-corrected chi connectivity index (χ3v) is 3.69. The molecule has 1 unspecified atom stereocenters. The predicted octanol–water partition coefficient (Wildman–Crippen LogP) is 4.62. The maximum absolute atomic E-state index is 12.3. The molecule has 0 aliphatic carbocycles. The molecular weight excluding hydrogens is 302 g/mol. The number of hydrogen-bond donors (Lipinski definition) is 1. The Morgan fingerprint density at radius 3 is 2.33 bits per heavy atom. The van der Waals surface area contributed by atoms with Crippen LogP contribution in [0.5, 0.6) is 11.5 Å². The monoisotopic (exact) mass is 327 g/mol. The second-order valence-electron chi connectivity index (χ2n) is 5.59. The summed E-state index contributed by atoms with van der Waals surface area (Å²) in [5, 5.41) is 2.94. The molecule has 0 saturated carbocycles. The van der Waals surface area contributed by atoms with Gasteiger partial charge < -0.3 is 14.8 Å². The Morgan fingerprint density at radius 1 is 1.00 bits per heavy atom. The van der Waals surface area contributed by atoms with Gasteiger partial charge in [-0.15, -0.1) is 0 Å². The highest BCUT2D eigenvalue weighted by Crippen LogP contribution is 2.31. The van der Waals surface area contributed by atoms with E-state index in [1.165, 1.54) is 0 Å². The van der Waals surface area contributed by atoms with Crippen LogP contribution in [0.15, 0.2) is 48.5 Å². The van der Waals surface area contributed by atoms with E-state index in [0.29, 0.717) is 36.8 Å². The Labute approximate surface area is 143 Å². The van der Waals surface area contributed by atoms with Crippen LogP contribution in [0.1, 0.15) is 38.7 Å². The lowest BCUT2D eigenvalue weighted by Gasteiger charge is -2.14. The highest BCUT2D eigenvalue weighted by atomic mass is 16.5. The number of rotatable bonds is 8. The lowest BCUT2D eigenvalue weighted by Crippen LogP contribution is -2.14. The Hall–Kier alpha value is -2.49. The summed E-state index contributed by atoms with van der Waals surface area (Å²) in [6, 6.07) is 15.5. The fourth-order valence-electron chi connectivity index (χ4n) is 2.52. The minimum Gasteiger partial charge on any atom is -0.490 e. The van der Waals surface area contributed by atoms with Crippen LogP contribution in [0.2, 0.25) is 0 Å². The third kappa shape index (κ3) is 5.01. The van der Waals surface area contributed by atoms with Crippen molar-refractivity contribution in [1.29, 1.82) is 0 Å². The molecule has 2 aromatic carbocycles. The summed E-state index contributed by atoms with van der Waals surface area (Å²) >= 11 is 0. The quantitative estimate of drug-likeness (QED) is 0.770. The Kier molecular flexibility index (Phi) is 6.67. The standard InChI is InChI=1S/C20H25NO3/c1-4-23-18-12-11-17(14-19(18)24-5-2)21-20(22)13-15(3)16-9-7-6-8-10-16/h6-12,14-15H,4-5,13H2,1-3H3,(H,21,22). The van der Waals surface area contributed by atoms with E-state index >= 15 is 0 Å². The van der Waals surface area contributed by atoms with E-state index < -0.39 is 0 Å². The van der Waals surface area contributed by atoms with Crippen molar-refractivity contribution >= 4 is 11.6 Å². The van der Waals surface area contributed by atoms with Gasteiger partial charge in [0.25, 0.3) is 0 Å². The zero-order chi connectivity index (χ0) is 17.4. The largest absolute Gasteiger partial charge is 0.490 e. The van der Waals surface area contributed by atoms with Crippen LogP contribution in [0.3, 0.4) is 0 Å². The predicted molar refractivity (Wildman–Crippen MR) is 96.9 cm³/mol. The number of nitrogens with one attached hydrogen (secondary N) is 1. The Balaban J connectivity index is 2.01. The normalized spacial score (nSPS) is 11.6. The number of amides is 1. The van der Waals surface area contributed by atoms with Crippen molar-refractivity contribution in [3.8, 4) is 11.5 Å². The second-order valence-corrected chi connectivity index (χ2v) is 5.59. The molecule has 1 atom stereocenters. The molecule has 0 aliphatic rings. The number of anilines is 1. The van der Waals surface area contributed by atoms with Crippen molar-refractivity contribution < 1.29 is 14.3 Å². The van der Waals surface area contributed by atoms with E-state index in [2.05, 4.69) is 12.2 Å². The fraction of sp³-hybridized carbons (Fsp3) is 0.350. The van der Waals surface area contributed by atoms with E-state index in [1.54, 1.807) is 6.07 Å². The number of carbonyl (C=O) groups is 1. The van der Waals surface area contributed by atoms with Gasteiger partial charge in [-0.25, -0.2) is 0 Å². The number of hydrogen-bond acceptors (Lipinski definition) is 3. The maximum Gasteiger partial charge on any atom is 0.224 e. The minimum absolute atomic E-state index is 0.0158. The van der Waals surface area contributed by atoms with Crippen molar-refractivity contribution in [2.75, 3.05) is 18.5 Å². The number of benzene rings is 2. The van der Waals surface area contributed by atoms with Crippen molar-refractivity contribution in [3.05, 3.63) is 54.1 Å². The summed E-state index contributed by atoms with van der Waals surface area (Å²) in [6.45, 7) is 7.01. The average Bonchev–Trinajstić information content (AvgIpc) is 2.58. The van der Waals surface area contributed by atoms with Crippen LogP contribution in [-0.4, -0.2) is 19.1 Å². The molecule has 0 aliphatic heterocycles. The molecule has 1 amide bonds. The van der Waals surface area contributed by atoms with Crippen LogP contribution in [-0.2, 0) is 4.79 Å². The SMILES string of the molecule is CCOc1ccc(NC(=O)CC(C)c2ccccc2)cc1OCC. The average molecular weight is 327 g/mol. The van der Waals surface area contributed by atoms with Crippen molar-refractivity contribution in [1.82, 2.24) is 0 Å². The van der Waals surface area contributed by atoms with Gasteiger partial charge in [0, 0.05) is 18.2 Å². The second kappa shape index (κ2) is 8.96. The molecule has 128 valence electrons. The molecule has 0 bridgehead atoms. The maximum atomic E-state index is 12.3. The summed E-state index contributed by atoms with van der Waals surface area (Å²) in [5.74, 6) is 1.49. The van der Waals surface area contributed by atoms with Crippen molar-refractivity contribution in [2.45, 2.75) is 33.1 Å². The molecule has 2 aromatic rings. The van der Waals surface area contributed by atoms with E-state index in [0.717, 1.165) is 5.56 Å². The van der Waals surface area contributed by atoms with Gasteiger partial charge in [-0.1, -0.05) is 37.3 Å². The summed E-state index contributed by atoms with van der Waals surface area (Å²) in [5.41, 5.74) is 1.88. The van der Waals surface area contributed by atoms with E-state index in [1.807, 2.05) is 56.3 Å². The van der Waals surface area contributed by atoms with Crippen molar-refractivity contribution in [3.63, 3.8) is 0 Å². The summed E-state index contributed by atoms with van der Waals surface area (Å²) < 4.78 is 11.1. The first-order valence-electron chi connectivity index (χ1n) is 8.38. The Morgan fingerprint density at radius 2 is 1.67 bits per heavy atom. The number of carbonyl (C=O) groups excluding carboxylic acids is 1. The molecule has 0 aromatic heterocycles. The Bertz CT molecular complexity index is 655. The summed E-state index contributed by atoms with van der Waals surface area (Å²) in [4.78, 5) is 12.3. The molecule has 0 saturated heterocycles. The minimum atomic E-state index is -0.0158. The molecule has 0 radical (unpaired) electrons. The lowest BCUT2D eigenvalue weighted by atomic mass is 9.97. The molecule has 4 heteroatoms. The summed E-state index contributed by atoms with van der Waals surface area (Å²) in [6.07, 6.45) is 0.432. The van der Waals surface area contributed by atoms with Crippen molar-refractivity contribution in [2.24, 2.45) is 0 Å². The van der Waals surface area contributed by atoms with Crippen LogP contribution in [0, 0.1) is 0 Å². The van der Waals surface area contributed by atoms with E-state index in [4.69, 9.17) is 9.47 Å². The lowest BCUT2D eigenvalue weighted by molar-refractivity contribution is -0.116. The van der Waals surface area contributed by atoms with Gasteiger partial charge in [-0.05, 0) is 37.5 Å². The highest BCUT2D eigenvalue weighted by Gasteiger charge is 2.13. The van der Waals surface area contributed by atoms with E-state index in [9.17, 15) is 4.79 Å². The topological polar surface area (TPSA) is 47.6 Å². The fourth-order valence-corrected chi connectivity index (χ4v) is 2.52. The zero-order valence-corrected chi connectivity index (χ0v) is 14.5. The van der Waals surface area contributed by atoms with Gasteiger partial charge in [0.2, 0.25) is 5.91 Å². The molecule has 2 rings (SSSR count). The molecule has 0 heterocycles. The van der Waals surface area contributed by atoms with Crippen LogP contribution in [0.4, 0.5) is 5.69 Å². The van der Waals surface area contributed by atoms with Crippen LogP contribution in [0.25, 0.3) is 0 Å². The third-order valence-electron chi connectivity index (χ3n) is 3.69. The first kappa shape index (κ1) is 17.9. The number of ether oxygens (including phenoxy) is 2. The van der Waals surface area contributed by atoms with Gasteiger partial charge in [-0.2, -0.15) is 0 Å². The first-order valence-corrected chi connectivity index (χ1v) is 8.38. The molecular formula is C20H25NO3. The molecule has 1 N–H and O–H groups in total. The summed E-state index contributed by atoms with van der Waals surface area (Å²) in [7, 11) is 0. The van der Waals surface area contributed by atoms with Gasteiger partial charge in [0.15, 0.2) is 11.5 Å². The zero-order valence-electron chi connectivity index (χ0n) is 14.5. The molecule has 4 nitrogen and oxygen atoms in total. The first-order chi connectivity index (χ1) is 11.6. The molecule has 24 heavy (non-hydrogen) atoms. The van der Waals surface area contributed by atoms with Crippen LogP contribution >= 0.6 is 0 Å². The van der Waals surface area contributed by atoms with Gasteiger partial charge in [0.05, 0.1) is 13.2 Å². The molecule has 0 spiro atoms. The van der Waals surface area contributed by atoms with Gasteiger partial charge >= 0.3 is 0 Å². The van der Waals surface area contributed by atoms with Gasteiger partial charge in [-0.3, -0.25) is 4.79 Å². The van der Waals surface area contributed by atoms with Gasteiger partial charge in [0.1, 0.15) is 0 Å². The van der Waals surface area contributed by atoms with Crippen LogP contribution < -0.4 is 14.8 Å².